The molecule has 2 rings (SSSR count). The van der Waals surface area contributed by atoms with Gasteiger partial charge in [0.15, 0.2) is 0 Å². The highest BCUT2D eigenvalue weighted by atomic mass is 19.1. The van der Waals surface area contributed by atoms with Gasteiger partial charge in [-0.2, -0.15) is 0 Å². The fourth-order valence-electron chi connectivity index (χ4n) is 2.84. The van der Waals surface area contributed by atoms with Gasteiger partial charge in [-0.05, 0) is 42.9 Å². The van der Waals surface area contributed by atoms with Crippen molar-refractivity contribution in [1.82, 2.24) is 5.32 Å². The average molecular weight is 264 g/mol. The Morgan fingerprint density at radius 2 is 2.11 bits per heavy atom. The molecule has 1 aromatic rings. The normalized spacial score (nSPS) is 17.4. The Morgan fingerprint density at radius 1 is 1.42 bits per heavy atom. The molecule has 3 nitrogen and oxygen atoms in total. The van der Waals surface area contributed by atoms with Gasteiger partial charge in [-0.1, -0.05) is 19.8 Å². The first-order valence-corrected chi connectivity index (χ1v) is 6.89. The third-order valence-corrected chi connectivity index (χ3v) is 4.30. The standard InChI is InChI=1S/C15H21FN2O/c1-2-15(7-3-4-8-15)10-18-14(19)11-5-6-12(16)13(17)9-11/h5-6,9H,2-4,7-8,10,17H2,1H3,(H,18,19). The second-order valence-electron chi connectivity index (χ2n) is 5.48. The van der Waals surface area contributed by atoms with Crippen LogP contribution < -0.4 is 11.1 Å². The van der Waals surface area contributed by atoms with E-state index in [1.807, 2.05) is 0 Å². The van der Waals surface area contributed by atoms with E-state index in [-0.39, 0.29) is 17.0 Å². The lowest BCUT2D eigenvalue weighted by atomic mass is 9.83. The van der Waals surface area contributed by atoms with Crippen LogP contribution in [0.4, 0.5) is 10.1 Å². The molecule has 0 aromatic heterocycles. The van der Waals surface area contributed by atoms with E-state index in [0.29, 0.717) is 12.1 Å². The van der Waals surface area contributed by atoms with Gasteiger partial charge < -0.3 is 11.1 Å². The van der Waals surface area contributed by atoms with Crippen LogP contribution in [-0.2, 0) is 0 Å². The van der Waals surface area contributed by atoms with E-state index in [0.717, 1.165) is 6.42 Å². The number of carbonyl (C=O) groups is 1. The summed E-state index contributed by atoms with van der Waals surface area (Å²) in [6.07, 6.45) is 5.92. The number of anilines is 1. The number of nitrogens with one attached hydrogen (secondary N) is 1. The number of nitrogens with two attached hydrogens (primary N) is 1. The Bertz CT molecular complexity index is 467. The maximum atomic E-state index is 13.1. The number of hydrogen-bond acceptors (Lipinski definition) is 2. The molecular formula is C15H21FN2O. The minimum absolute atomic E-state index is 0.0127. The smallest absolute Gasteiger partial charge is 0.251 e. The first-order chi connectivity index (χ1) is 9.06. The van der Waals surface area contributed by atoms with Crippen LogP contribution in [-0.4, -0.2) is 12.5 Å². The van der Waals surface area contributed by atoms with Crippen molar-refractivity contribution in [3.63, 3.8) is 0 Å². The minimum Gasteiger partial charge on any atom is -0.396 e. The molecule has 1 fully saturated rings. The lowest BCUT2D eigenvalue weighted by Crippen LogP contribution is -2.35. The Balaban J connectivity index is 1.99. The zero-order valence-corrected chi connectivity index (χ0v) is 11.3. The van der Waals surface area contributed by atoms with E-state index in [1.54, 1.807) is 0 Å². The Morgan fingerprint density at radius 3 is 2.68 bits per heavy atom. The molecule has 1 aromatic carbocycles. The van der Waals surface area contributed by atoms with E-state index in [4.69, 9.17) is 5.73 Å². The molecule has 0 heterocycles. The second kappa shape index (κ2) is 5.59. The highest BCUT2D eigenvalue weighted by molar-refractivity contribution is 5.95. The van der Waals surface area contributed by atoms with Crippen LogP contribution in [0, 0.1) is 11.2 Å². The van der Waals surface area contributed by atoms with Crippen molar-refractivity contribution < 1.29 is 9.18 Å². The number of benzene rings is 1. The monoisotopic (exact) mass is 264 g/mol. The predicted octanol–water partition coefficient (Wildman–Crippen LogP) is 3.11. The average Bonchev–Trinajstić information content (AvgIpc) is 2.89. The van der Waals surface area contributed by atoms with E-state index >= 15 is 0 Å². The van der Waals surface area contributed by atoms with Gasteiger partial charge in [0, 0.05) is 12.1 Å². The largest absolute Gasteiger partial charge is 0.396 e. The predicted molar refractivity (Wildman–Crippen MR) is 74.3 cm³/mol. The molecule has 0 radical (unpaired) electrons. The number of nitrogen functional groups attached to an aromatic ring is 1. The van der Waals surface area contributed by atoms with Crippen molar-refractivity contribution >= 4 is 11.6 Å². The molecule has 3 N–H and O–H groups in total. The molecule has 0 aliphatic heterocycles. The maximum absolute atomic E-state index is 13.1. The van der Waals surface area contributed by atoms with Crippen LogP contribution in [0.3, 0.4) is 0 Å². The zero-order chi connectivity index (χ0) is 13.9. The molecular weight excluding hydrogens is 243 g/mol. The number of rotatable bonds is 4. The highest BCUT2D eigenvalue weighted by Gasteiger charge is 2.32. The quantitative estimate of drug-likeness (QED) is 0.821. The summed E-state index contributed by atoms with van der Waals surface area (Å²) in [5, 5.41) is 2.96. The summed E-state index contributed by atoms with van der Waals surface area (Å²) in [6.45, 7) is 2.87. The van der Waals surface area contributed by atoms with E-state index in [1.165, 1.54) is 43.9 Å². The van der Waals surface area contributed by atoms with Crippen molar-refractivity contribution in [2.45, 2.75) is 39.0 Å². The van der Waals surface area contributed by atoms with Crippen molar-refractivity contribution in [3.05, 3.63) is 29.6 Å². The zero-order valence-electron chi connectivity index (χ0n) is 11.3. The van der Waals surface area contributed by atoms with E-state index in [9.17, 15) is 9.18 Å². The maximum Gasteiger partial charge on any atom is 0.251 e. The van der Waals surface area contributed by atoms with Gasteiger partial charge in [0.25, 0.3) is 5.91 Å². The van der Waals surface area contributed by atoms with E-state index in [2.05, 4.69) is 12.2 Å². The van der Waals surface area contributed by atoms with Crippen LogP contribution in [0.25, 0.3) is 0 Å². The van der Waals surface area contributed by atoms with Crippen molar-refractivity contribution in [3.8, 4) is 0 Å². The number of hydrogen-bond donors (Lipinski definition) is 2. The van der Waals surface area contributed by atoms with Crippen LogP contribution in [0.15, 0.2) is 18.2 Å². The number of amides is 1. The number of carbonyl (C=O) groups excluding carboxylic acids is 1. The molecule has 1 amide bonds. The molecule has 1 aliphatic rings. The van der Waals surface area contributed by atoms with Crippen molar-refractivity contribution in [2.75, 3.05) is 12.3 Å². The molecule has 104 valence electrons. The van der Waals surface area contributed by atoms with Crippen LogP contribution in [0.1, 0.15) is 49.4 Å². The summed E-state index contributed by atoms with van der Waals surface area (Å²) in [5.41, 5.74) is 6.16. The Kier molecular flexibility index (Phi) is 4.08. The molecule has 0 bridgehead atoms. The summed E-state index contributed by atoms with van der Waals surface area (Å²) in [5.74, 6) is -0.663. The highest BCUT2D eigenvalue weighted by Crippen LogP contribution is 2.40. The van der Waals surface area contributed by atoms with Gasteiger partial charge in [0.1, 0.15) is 5.82 Å². The van der Waals surface area contributed by atoms with Crippen molar-refractivity contribution in [2.24, 2.45) is 5.41 Å². The van der Waals surface area contributed by atoms with E-state index < -0.39 is 5.82 Å². The van der Waals surface area contributed by atoms with Gasteiger partial charge in [-0.25, -0.2) is 4.39 Å². The fraction of sp³-hybridized carbons (Fsp3) is 0.533. The van der Waals surface area contributed by atoms with Gasteiger partial charge in [-0.3, -0.25) is 4.79 Å². The minimum atomic E-state index is -0.489. The molecule has 0 unspecified atom stereocenters. The third-order valence-electron chi connectivity index (χ3n) is 4.30. The number of halogens is 1. The first kappa shape index (κ1) is 13.8. The Labute approximate surface area is 113 Å². The topological polar surface area (TPSA) is 55.1 Å². The summed E-state index contributed by atoms with van der Waals surface area (Å²) in [4.78, 5) is 12.0. The van der Waals surface area contributed by atoms with Crippen LogP contribution in [0.2, 0.25) is 0 Å². The third kappa shape index (κ3) is 3.06. The molecule has 19 heavy (non-hydrogen) atoms. The Hall–Kier alpha value is -1.58. The summed E-state index contributed by atoms with van der Waals surface area (Å²) < 4.78 is 13.1. The fourth-order valence-corrected chi connectivity index (χ4v) is 2.84. The van der Waals surface area contributed by atoms with Crippen LogP contribution >= 0.6 is 0 Å². The molecule has 0 spiro atoms. The first-order valence-electron chi connectivity index (χ1n) is 6.89. The summed E-state index contributed by atoms with van der Waals surface area (Å²) in [7, 11) is 0. The SMILES string of the molecule is CCC1(CNC(=O)c2ccc(F)c(N)c2)CCCC1. The van der Waals surface area contributed by atoms with Crippen molar-refractivity contribution in [1.29, 1.82) is 0 Å². The second-order valence-corrected chi connectivity index (χ2v) is 5.48. The summed E-state index contributed by atoms with van der Waals surface area (Å²) >= 11 is 0. The molecule has 1 aliphatic carbocycles. The lowest BCUT2D eigenvalue weighted by molar-refractivity contribution is 0.0929. The molecule has 0 atom stereocenters. The molecule has 0 saturated heterocycles. The molecule has 4 heteroatoms. The van der Waals surface area contributed by atoms with Crippen LogP contribution in [0.5, 0.6) is 0 Å². The van der Waals surface area contributed by atoms with Gasteiger partial charge in [-0.15, -0.1) is 0 Å². The summed E-state index contributed by atoms with van der Waals surface area (Å²) in [6, 6.07) is 4.08. The van der Waals surface area contributed by atoms with Gasteiger partial charge >= 0.3 is 0 Å². The van der Waals surface area contributed by atoms with Gasteiger partial charge in [0.05, 0.1) is 5.69 Å². The molecule has 1 saturated carbocycles. The van der Waals surface area contributed by atoms with Gasteiger partial charge in [0.2, 0.25) is 0 Å². The lowest BCUT2D eigenvalue weighted by Gasteiger charge is -2.27.